The van der Waals surface area contributed by atoms with Gasteiger partial charge in [-0.3, -0.25) is 4.90 Å². The maximum Gasteiger partial charge on any atom is 0.410 e. The first-order valence-electron chi connectivity index (χ1n) is 8.35. The number of carbonyl (C=O) groups is 1. The molecular weight excluding hydrogens is 306 g/mol. The summed E-state index contributed by atoms with van der Waals surface area (Å²) >= 11 is 1.75. The number of benzene rings is 1. The van der Waals surface area contributed by atoms with Gasteiger partial charge in [0.1, 0.15) is 5.60 Å². The lowest BCUT2D eigenvalue weighted by atomic mass is 9.85. The molecule has 1 amide bonds. The van der Waals surface area contributed by atoms with Crippen molar-refractivity contribution < 1.29 is 9.53 Å². The Labute approximate surface area is 140 Å². The van der Waals surface area contributed by atoms with Gasteiger partial charge in [0.2, 0.25) is 0 Å². The summed E-state index contributed by atoms with van der Waals surface area (Å²) < 4.78 is 5.75. The molecule has 1 saturated heterocycles. The minimum atomic E-state index is -0.202. The van der Waals surface area contributed by atoms with Crippen LogP contribution in [0.4, 0.5) is 4.79 Å². The van der Waals surface area contributed by atoms with Gasteiger partial charge in [0.15, 0.2) is 0 Å². The normalized spacial score (nSPS) is 20.0. The minimum Gasteiger partial charge on any atom is -0.441 e. The number of hydrogen-bond donors (Lipinski definition) is 0. The Morgan fingerprint density at radius 3 is 2.57 bits per heavy atom. The van der Waals surface area contributed by atoms with Crippen LogP contribution in [0.1, 0.15) is 37.7 Å². The first kappa shape index (κ1) is 14.8. The lowest BCUT2D eigenvalue weighted by Gasteiger charge is -2.30. The maximum absolute atomic E-state index is 12.2. The predicted octanol–water partition coefficient (Wildman–Crippen LogP) is 5.07. The highest BCUT2D eigenvalue weighted by molar-refractivity contribution is 7.13. The molecule has 2 aromatic rings. The third-order valence-corrected chi connectivity index (χ3v) is 5.86. The van der Waals surface area contributed by atoms with Crippen molar-refractivity contribution in [3.63, 3.8) is 0 Å². The summed E-state index contributed by atoms with van der Waals surface area (Å²) in [6, 6.07) is 12.7. The molecule has 0 unspecified atom stereocenters. The molecule has 23 heavy (non-hydrogen) atoms. The molecule has 1 aromatic carbocycles. The smallest absolute Gasteiger partial charge is 0.410 e. The SMILES string of the molecule is O=C1OC2(CCCCC2)CN1Cc1ccc(-c2cccs2)cc1. The molecule has 2 heterocycles. The average molecular weight is 327 g/mol. The van der Waals surface area contributed by atoms with Crippen molar-refractivity contribution in [1.82, 2.24) is 4.90 Å². The van der Waals surface area contributed by atoms with E-state index >= 15 is 0 Å². The Hall–Kier alpha value is -1.81. The Morgan fingerprint density at radius 1 is 1.09 bits per heavy atom. The highest BCUT2D eigenvalue weighted by atomic mass is 32.1. The summed E-state index contributed by atoms with van der Waals surface area (Å²) in [6.45, 7) is 1.39. The summed E-state index contributed by atoms with van der Waals surface area (Å²) in [6.07, 6.45) is 5.52. The zero-order valence-electron chi connectivity index (χ0n) is 13.2. The molecule has 1 spiro atoms. The van der Waals surface area contributed by atoms with E-state index in [2.05, 4.69) is 41.8 Å². The monoisotopic (exact) mass is 327 g/mol. The van der Waals surface area contributed by atoms with E-state index in [1.54, 1.807) is 11.3 Å². The first-order valence-corrected chi connectivity index (χ1v) is 9.23. The van der Waals surface area contributed by atoms with E-state index in [-0.39, 0.29) is 11.7 Å². The van der Waals surface area contributed by atoms with Crippen molar-refractivity contribution in [3.05, 3.63) is 47.3 Å². The van der Waals surface area contributed by atoms with Crippen LogP contribution in [0.3, 0.4) is 0 Å². The molecule has 0 radical (unpaired) electrons. The van der Waals surface area contributed by atoms with Crippen LogP contribution < -0.4 is 0 Å². The quantitative estimate of drug-likeness (QED) is 0.787. The van der Waals surface area contributed by atoms with Crippen LogP contribution in [0.25, 0.3) is 10.4 Å². The Bertz CT molecular complexity index is 672. The Morgan fingerprint density at radius 2 is 1.87 bits per heavy atom. The van der Waals surface area contributed by atoms with E-state index in [4.69, 9.17) is 4.74 Å². The van der Waals surface area contributed by atoms with E-state index in [1.807, 2.05) is 4.90 Å². The van der Waals surface area contributed by atoms with E-state index in [1.165, 1.54) is 29.7 Å². The fourth-order valence-corrected chi connectivity index (χ4v) is 4.44. The van der Waals surface area contributed by atoms with Gasteiger partial charge in [-0.25, -0.2) is 4.79 Å². The third kappa shape index (κ3) is 3.00. The lowest BCUT2D eigenvalue weighted by Crippen LogP contribution is -2.36. The highest BCUT2D eigenvalue weighted by Crippen LogP contribution is 2.37. The molecule has 1 saturated carbocycles. The summed E-state index contributed by atoms with van der Waals surface area (Å²) in [4.78, 5) is 15.4. The van der Waals surface area contributed by atoms with Gasteiger partial charge in [0.25, 0.3) is 0 Å². The number of amides is 1. The number of ether oxygens (including phenoxy) is 1. The van der Waals surface area contributed by atoms with Crippen LogP contribution in [-0.4, -0.2) is 23.1 Å². The molecule has 3 nitrogen and oxygen atoms in total. The molecule has 4 rings (SSSR count). The van der Waals surface area contributed by atoms with Crippen LogP contribution in [0.15, 0.2) is 41.8 Å². The Kier molecular flexibility index (Phi) is 3.85. The van der Waals surface area contributed by atoms with Gasteiger partial charge in [-0.15, -0.1) is 11.3 Å². The topological polar surface area (TPSA) is 29.5 Å². The highest BCUT2D eigenvalue weighted by Gasteiger charge is 2.45. The van der Waals surface area contributed by atoms with Gasteiger partial charge in [0.05, 0.1) is 6.54 Å². The third-order valence-electron chi connectivity index (χ3n) is 4.94. The number of rotatable bonds is 3. The Balaban J connectivity index is 1.45. The number of nitrogens with zero attached hydrogens (tertiary/aromatic N) is 1. The van der Waals surface area contributed by atoms with Crippen LogP contribution in [0.2, 0.25) is 0 Å². The molecule has 0 atom stereocenters. The van der Waals surface area contributed by atoms with E-state index in [0.29, 0.717) is 6.54 Å². The van der Waals surface area contributed by atoms with Crippen molar-refractivity contribution in [2.24, 2.45) is 0 Å². The maximum atomic E-state index is 12.2. The predicted molar refractivity (Wildman–Crippen MR) is 92.5 cm³/mol. The van der Waals surface area contributed by atoms with Gasteiger partial charge in [-0.2, -0.15) is 0 Å². The van der Waals surface area contributed by atoms with Crippen molar-refractivity contribution in [1.29, 1.82) is 0 Å². The van der Waals surface area contributed by atoms with E-state index < -0.39 is 0 Å². The molecule has 4 heteroatoms. The van der Waals surface area contributed by atoms with Gasteiger partial charge in [-0.1, -0.05) is 36.8 Å². The molecule has 1 aromatic heterocycles. The fraction of sp³-hybridized carbons (Fsp3) is 0.421. The van der Waals surface area contributed by atoms with Crippen LogP contribution in [0, 0.1) is 0 Å². The number of hydrogen-bond acceptors (Lipinski definition) is 3. The molecule has 0 bridgehead atoms. The molecule has 1 aliphatic carbocycles. The van der Waals surface area contributed by atoms with Gasteiger partial charge >= 0.3 is 6.09 Å². The first-order chi connectivity index (χ1) is 11.2. The van der Waals surface area contributed by atoms with Gasteiger partial charge in [-0.05, 0) is 48.3 Å². The largest absolute Gasteiger partial charge is 0.441 e. The standard InChI is InChI=1S/C19H21NO2S/c21-18-20(14-19(22-18)10-2-1-3-11-19)13-15-6-8-16(9-7-15)17-5-4-12-23-17/h4-9,12H,1-3,10-11,13-14H2. The summed E-state index contributed by atoms with van der Waals surface area (Å²) in [7, 11) is 0. The van der Waals surface area contributed by atoms with E-state index in [9.17, 15) is 4.79 Å². The molecular formula is C19H21NO2S. The van der Waals surface area contributed by atoms with Crippen LogP contribution >= 0.6 is 11.3 Å². The zero-order valence-corrected chi connectivity index (χ0v) is 14.0. The second-order valence-corrected chi connectivity index (χ2v) is 7.59. The van der Waals surface area contributed by atoms with Gasteiger partial charge in [0, 0.05) is 11.4 Å². The van der Waals surface area contributed by atoms with E-state index in [0.717, 1.165) is 24.9 Å². The molecule has 120 valence electrons. The minimum absolute atomic E-state index is 0.144. The van der Waals surface area contributed by atoms with Crippen molar-refractivity contribution in [2.45, 2.75) is 44.2 Å². The van der Waals surface area contributed by atoms with Crippen molar-refractivity contribution in [2.75, 3.05) is 6.54 Å². The van der Waals surface area contributed by atoms with Crippen molar-refractivity contribution >= 4 is 17.4 Å². The average Bonchev–Trinajstić information content (AvgIpc) is 3.19. The second kappa shape index (κ2) is 6.00. The number of carbonyl (C=O) groups excluding carboxylic acids is 1. The van der Waals surface area contributed by atoms with Crippen LogP contribution in [-0.2, 0) is 11.3 Å². The molecule has 1 aliphatic heterocycles. The zero-order chi connectivity index (χ0) is 15.7. The summed E-state index contributed by atoms with van der Waals surface area (Å²) in [5.41, 5.74) is 2.19. The molecule has 0 N–H and O–H groups in total. The lowest BCUT2D eigenvalue weighted by molar-refractivity contribution is 0.0260. The van der Waals surface area contributed by atoms with Crippen molar-refractivity contribution in [3.8, 4) is 10.4 Å². The summed E-state index contributed by atoms with van der Waals surface area (Å²) in [5.74, 6) is 0. The second-order valence-electron chi connectivity index (χ2n) is 6.64. The summed E-state index contributed by atoms with van der Waals surface area (Å²) in [5, 5.41) is 2.09. The number of thiophene rings is 1. The van der Waals surface area contributed by atoms with Gasteiger partial charge < -0.3 is 4.74 Å². The fourth-order valence-electron chi connectivity index (χ4n) is 3.71. The molecule has 2 fully saturated rings. The molecule has 2 aliphatic rings. The van der Waals surface area contributed by atoms with Crippen LogP contribution in [0.5, 0.6) is 0 Å².